The highest BCUT2D eigenvalue weighted by atomic mass is 17.1. The normalized spacial score (nSPS) is 16.9. The minimum atomic E-state index is -0.540. The third-order valence-corrected chi connectivity index (χ3v) is 2.14. The third kappa shape index (κ3) is 3.05. The van der Waals surface area contributed by atoms with Crippen molar-refractivity contribution in [1.29, 1.82) is 0 Å². The fraction of sp³-hybridized carbons (Fsp3) is 0.667. The predicted octanol–water partition coefficient (Wildman–Crippen LogP) is 2.28. The van der Waals surface area contributed by atoms with E-state index in [0.717, 1.165) is 19.3 Å². The maximum atomic E-state index is 10.6. The van der Waals surface area contributed by atoms with Gasteiger partial charge in [-0.25, -0.2) is 4.79 Å². The second-order valence-corrected chi connectivity index (χ2v) is 3.07. The summed E-state index contributed by atoms with van der Waals surface area (Å²) in [5.41, 5.74) is 1.33. The minimum Gasteiger partial charge on any atom is -0.301 e. The van der Waals surface area contributed by atoms with Gasteiger partial charge in [0.1, 0.15) is 0 Å². The monoisotopic (exact) mass is 170 g/mol. The highest BCUT2D eigenvalue weighted by molar-refractivity contribution is 5.68. The van der Waals surface area contributed by atoms with E-state index in [1.807, 2.05) is 0 Å². The van der Waals surface area contributed by atoms with Gasteiger partial charge in [0, 0.05) is 0 Å². The number of allylic oxidation sites excluding steroid dienone is 2. The van der Waals surface area contributed by atoms with E-state index in [1.165, 1.54) is 18.4 Å². The molecule has 12 heavy (non-hydrogen) atoms. The first kappa shape index (κ1) is 9.26. The topological polar surface area (TPSA) is 46.5 Å². The summed E-state index contributed by atoms with van der Waals surface area (Å²) in [6, 6.07) is 0. The molecule has 0 unspecified atom stereocenters. The van der Waals surface area contributed by atoms with Crippen molar-refractivity contribution in [2.75, 3.05) is 0 Å². The SMILES string of the molecule is O=C(CCC1=CCCCC1)OO. The smallest absolute Gasteiger partial charge is 0.301 e. The van der Waals surface area contributed by atoms with E-state index < -0.39 is 5.97 Å². The molecule has 0 heterocycles. The van der Waals surface area contributed by atoms with Gasteiger partial charge in [0.05, 0.1) is 6.42 Å². The van der Waals surface area contributed by atoms with Crippen LogP contribution in [-0.2, 0) is 9.68 Å². The maximum absolute atomic E-state index is 10.6. The molecule has 1 aliphatic carbocycles. The van der Waals surface area contributed by atoms with Gasteiger partial charge in [0.2, 0.25) is 0 Å². The van der Waals surface area contributed by atoms with Crippen molar-refractivity contribution in [3.8, 4) is 0 Å². The van der Waals surface area contributed by atoms with Gasteiger partial charge >= 0.3 is 5.97 Å². The summed E-state index contributed by atoms with van der Waals surface area (Å²) in [7, 11) is 0. The van der Waals surface area contributed by atoms with Crippen molar-refractivity contribution >= 4 is 5.97 Å². The first-order chi connectivity index (χ1) is 5.83. The summed E-state index contributed by atoms with van der Waals surface area (Å²) in [6.45, 7) is 0. The Morgan fingerprint density at radius 1 is 1.58 bits per heavy atom. The fourth-order valence-corrected chi connectivity index (χ4v) is 1.44. The number of hydrogen-bond acceptors (Lipinski definition) is 3. The molecule has 0 aromatic carbocycles. The Hall–Kier alpha value is -0.830. The zero-order chi connectivity index (χ0) is 8.81. The van der Waals surface area contributed by atoms with Crippen molar-refractivity contribution in [2.24, 2.45) is 0 Å². The van der Waals surface area contributed by atoms with Crippen LogP contribution in [0.4, 0.5) is 0 Å². The number of carbonyl (C=O) groups excluding carboxylic acids is 1. The standard InChI is InChI=1S/C9H14O3/c10-9(12-11)7-6-8-4-2-1-3-5-8/h4,11H,1-3,5-7H2. The Labute approximate surface area is 72.0 Å². The molecule has 3 nitrogen and oxygen atoms in total. The number of hydrogen-bond donors (Lipinski definition) is 1. The van der Waals surface area contributed by atoms with Crippen LogP contribution in [0.2, 0.25) is 0 Å². The second kappa shape index (κ2) is 4.93. The molecular weight excluding hydrogens is 156 g/mol. The average molecular weight is 170 g/mol. The zero-order valence-corrected chi connectivity index (χ0v) is 7.08. The Morgan fingerprint density at radius 3 is 3.00 bits per heavy atom. The average Bonchev–Trinajstić information content (AvgIpc) is 2.16. The molecule has 0 spiro atoms. The van der Waals surface area contributed by atoms with Gasteiger partial charge in [-0.1, -0.05) is 11.6 Å². The molecule has 68 valence electrons. The molecule has 1 N–H and O–H groups in total. The van der Waals surface area contributed by atoms with E-state index in [1.54, 1.807) is 0 Å². The zero-order valence-electron chi connectivity index (χ0n) is 7.08. The van der Waals surface area contributed by atoms with Crippen LogP contribution >= 0.6 is 0 Å². The summed E-state index contributed by atoms with van der Waals surface area (Å²) in [5.74, 6) is -0.540. The largest absolute Gasteiger partial charge is 0.342 e. The minimum absolute atomic E-state index is 0.294. The molecule has 0 saturated heterocycles. The van der Waals surface area contributed by atoms with Crippen LogP contribution in [0.5, 0.6) is 0 Å². The molecule has 0 saturated carbocycles. The van der Waals surface area contributed by atoms with Crippen LogP contribution in [0.1, 0.15) is 38.5 Å². The first-order valence-electron chi connectivity index (χ1n) is 4.35. The molecule has 0 radical (unpaired) electrons. The fourth-order valence-electron chi connectivity index (χ4n) is 1.44. The maximum Gasteiger partial charge on any atom is 0.342 e. The molecule has 0 aromatic rings. The first-order valence-corrected chi connectivity index (χ1v) is 4.35. The van der Waals surface area contributed by atoms with E-state index in [0.29, 0.717) is 6.42 Å². The summed E-state index contributed by atoms with van der Waals surface area (Å²) in [6.07, 6.45) is 7.92. The van der Waals surface area contributed by atoms with Gasteiger partial charge in [0.25, 0.3) is 0 Å². The molecule has 0 aliphatic heterocycles. The summed E-state index contributed by atoms with van der Waals surface area (Å²) in [5, 5.41) is 8.00. The highest BCUT2D eigenvalue weighted by Crippen LogP contribution is 2.21. The van der Waals surface area contributed by atoms with Crippen LogP contribution in [-0.4, -0.2) is 11.2 Å². The number of carbonyl (C=O) groups is 1. The molecule has 1 aliphatic rings. The second-order valence-electron chi connectivity index (χ2n) is 3.07. The van der Waals surface area contributed by atoms with Gasteiger partial charge in [-0.2, -0.15) is 5.26 Å². The Balaban J connectivity index is 2.21. The van der Waals surface area contributed by atoms with Gasteiger partial charge in [-0.15, -0.1) is 0 Å². The van der Waals surface area contributed by atoms with Crippen molar-refractivity contribution < 1.29 is 14.9 Å². The lowest BCUT2D eigenvalue weighted by atomic mass is 9.96. The molecule has 1 rings (SSSR count). The molecule has 3 heteroatoms. The summed E-state index contributed by atoms with van der Waals surface area (Å²) < 4.78 is 0. The molecule has 0 bridgehead atoms. The van der Waals surface area contributed by atoms with Crippen molar-refractivity contribution in [3.63, 3.8) is 0 Å². The molecule has 0 aromatic heterocycles. The van der Waals surface area contributed by atoms with E-state index >= 15 is 0 Å². The van der Waals surface area contributed by atoms with Crippen LogP contribution < -0.4 is 0 Å². The van der Waals surface area contributed by atoms with Crippen LogP contribution in [0, 0.1) is 0 Å². The Kier molecular flexibility index (Phi) is 3.80. The van der Waals surface area contributed by atoms with Crippen molar-refractivity contribution in [3.05, 3.63) is 11.6 Å². The molecule has 0 amide bonds. The van der Waals surface area contributed by atoms with E-state index in [-0.39, 0.29) is 0 Å². The van der Waals surface area contributed by atoms with Gasteiger partial charge < -0.3 is 4.89 Å². The van der Waals surface area contributed by atoms with Crippen LogP contribution in [0.25, 0.3) is 0 Å². The quantitative estimate of drug-likeness (QED) is 0.401. The molecular formula is C9H14O3. The lowest BCUT2D eigenvalue weighted by molar-refractivity contribution is -0.234. The van der Waals surface area contributed by atoms with Crippen molar-refractivity contribution in [1.82, 2.24) is 0 Å². The van der Waals surface area contributed by atoms with Crippen LogP contribution in [0.15, 0.2) is 11.6 Å². The summed E-state index contributed by atoms with van der Waals surface area (Å²) in [4.78, 5) is 14.1. The van der Waals surface area contributed by atoms with E-state index in [4.69, 9.17) is 5.26 Å². The summed E-state index contributed by atoms with van der Waals surface area (Å²) >= 11 is 0. The van der Waals surface area contributed by atoms with Crippen LogP contribution in [0.3, 0.4) is 0 Å². The van der Waals surface area contributed by atoms with Gasteiger partial charge in [0.15, 0.2) is 0 Å². The van der Waals surface area contributed by atoms with Gasteiger partial charge in [-0.05, 0) is 32.1 Å². The van der Waals surface area contributed by atoms with Gasteiger partial charge in [-0.3, -0.25) is 0 Å². The Bertz CT molecular complexity index is 184. The lowest BCUT2D eigenvalue weighted by Crippen LogP contribution is -2.02. The third-order valence-electron chi connectivity index (χ3n) is 2.14. The Morgan fingerprint density at radius 2 is 2.42 bits per heavy atom. The highest BCUT2D eigenvalue weighted by Gasteiger charge is 2.07. The predicted molar refractivity (Wildman–Crippen MR) is 44.5 cm³/mol. The van der Waals surface area contributed by atoms with E-state index in [9.17, 15) is 4.79 Å². The molecule has 0 atom stereocenters. The van der Waals surface area contributed by atoms with E-state index in [2.05, 4.69) is 11.0 Å². The molecule has 0 fully saturated rings. The lowest BCUT2D eigenvalue weighted by Gasteiger charge is -2.10. The van der Waals surface area contributed by atoms with Crippen molar-refractivity contribution in [2.45, 2.75) is 38.5 Å². The number of rotatable bonds is 3.